The molecule has 1 heterocycles. The lowest BCUT2D eigenvalue weighted by Gasteiger charge is -2.46. The fourth-order valence-electron chi connectivity index (χ4n) is 3.09. The Labute approximate surface area is 233 Å². The molecule has 0 aromatic rings. The van der Waals surface area contributed by atoms with Crippen molar-refractivity contribution in [2.75, 3.05) is 13.2 Å². The fourth-order valence-corrected chi connectivity index (χ4v) is 3.09. The van der Waals surface area contributed by atoms with Gasteiger partial charge in [0, 0.05) is 6.54 Å². The zero-order valence-corrected chi connectivity index (χ0v) is 25.8. The van der Waals surface area contributed by atoms with Gasteiger partial charge in [0.15, 0.2) is 18.3 Å². The Balaban J connectivity index is 3.67. The van der Waals surface area contributed by atoms with Gasteiger partial charge in [-0.1, -0.05) is 6.08 Å². The highest BCUT2D eigenvalue weighted by Crippen LogP contribution is 2.33. The van der Waals surface area contributed by atoms with Crippen molar-refractivity contribution < 1.29 is 42.9 Å². The molecule has 224 valence electrons. The van der Waals surface area contributed by atoms with Crippen molar-refractivity contribution in [2.45, 2.75) is 114 Å². The van der Waals surface area contributed by atoms with E-state index < -0.39 is 76.2 Å². The fraction of sp³-hybridized carbons (Fsp3) is 0.793. The largest absolute Gasteiger partial charge is 0.462 e. The third kappa shape index (κ3) is 10.2. The monoisotopic (exact) mass is 555 g/mol. The van der Waals surface area contributed by atoms with Crippen LogP contribution >= 0.6 is 0 Å². The summed E-state index contributed by atoms with van der Waals surface area (Å²) in [5.74, 6) is -2.27. The minimum Gasteiger partial charge on any atom is -0.462 e. The van der Waals surface area contributed by atoms with Gasteiger partial charge in [-0.25, -0.2) is 0 Å². The Kier molecular flexibility index (Phi) is 11.4. The van der Waals surface area contributed by atoms with Crippen LogP contribution < -0.4 is 5.32 Å². The second-order valence-corrected chi connectivity index (χ2v) is 14.0. The summed E-state index contributed by atoms with van der Waals surface area (Å²) in [5.41, 5.74) is -3.53. The highest BCUT2D eigenvalue weighted by Gasteiger charge is 2.54. The summed E-state index contributed by atoms with van der Waals surface area (Å²) in [6, 6.07) is 0. The molecule has 1 rings (SSSR count). The van der Waals surface area contributed by atoms with E-state index in [1.807, 2.05) is 0 Å². The smallest absolute Gasteiger partial charge is 0.311 e. The number of rotatable bonds is 8. The van der Waals surface area contributed by atoms with Crippen LogP contribution in [0.2, 0.25) is 0 Å². The van der Waals surface area contributed by atoms with Crippen LogP contribution in [0.15, 0.2) is 12.7 Å². The summed E-state index contributed by atoms with van der Waals surface area (Å²) in [4.78, 5) is 51.9. The number of esters is 4. The molecule has 0 bridgehead atoms. The number of nitrogens with one attached hydrogen (secondary N) is 1. The van der Waals surface area contributed by atoms with E-state index in [9.17, 15) is 19.2 Å². The first-order valence-corrected chi connectivity index (χ1v) is 13.3. The Bertz CT molecular complexity index is 900. The molecule has 0 aliphatic carbocycles. The van der Waals surface area contributed by atoms with Crippen LogP contribution in [0.4, 0.5) is 0 Å². The van der Waals surface area contributed by atoms with Crippen molar-refractivity contribution >= 4 is 23.9 Å². The predicted molar refractivity (Wildman–Crippen MR) is 145 cm³/mol. The van der Waals surface area contributed by atoms with E-state index in [0.717, 1.165) is 0 Å². The van der Waals surface area contributed by atoms with Crippen LogP contribution in [-0.2, 0) is 42.9 Å². The SMILES string of the molecule is C=CCN[C@@H]1O[C@H](COC(=O)C(C)(C)C)[C@H](OC(=O)C(C)(C)C)[C@H](OC(=O)C(C)(C)C)[C@H]1OC(=O)C(C)(C)C. The highest BCUT2D eigenvalue weighted by atomic mass is 16.7. The van der Waals surface area contributed by atoms with Gasteiger partial charge in [-0.2, -0.15) is 0 Å². The third-order valence-electron chi connectivity index (χ3n) is 5.65. The molecule has 10 heteroatoms. The van der Waals surface area contributed by atoms with Crippen molar-refractivity contribution in [3.05, 3.63) is 12.7 Å². The molecule has 0 aromatic carbocycles. The quantitative estimate of drug-likeness (QED) is 0.267. The van der Waals surface area contributed by atoms with Gasteiger partial charge in [0.1, 0.15) is 18.9 Å². The Hall–Kier alpha value is -2.46. The number of ether oxygens (including phenoxy) is 5. The molecule has 0 spiro atoms. The van der Waals surface area contributed by atoms with Gasteiger partial charge in [-0.3, -0.25) is 24.5 Å². The van der Waals surface area contributed by atoms with E-state index in [1.165, 1.54) is 0 Å². The molecule has 0 amide bonds. The maximum atomic E-state index is 13.1. The van der Waals surface area contributed by atoms with Gasteiger partial charge in [0.2, 0.25) is 0 Å². The van der Waals surface area contributed by atoms with E-state index in [2.05, 4.69) is 11.9 Å². The van der Waals surface area contributed by atoms with Crippen LogP contribution in [0.25, 0.3) is 0 Å². The maximum absolute atomic E-state index is 13.1. The highest BCUT2D eigenvalue weighted by molar-refractivity contribution is 5.78. The molecule has 0 saturated carbocycles. The lowest BCUT2D eigenvalue weighted by Crippen LogP contribution is -2.66. The molecule has 0 aromatic heterocycles. The van der Waals surface area contributed by atoms with E-state index in [4.69, 9.17) is 23.7 Å². The minimum absolute atomic E-state index is 0.259. The zero-order chi connectivity index (χ0) is 30.6. The first-order chi connectivity index (χ1) is 17.5. The number of hydrogen-bond donors (Lipinski definition) is 1. The molecule has 1 saturated heterocycles. The van der Waals surface area contributed by atoms with Crippen molar-refractivity contribution in [1.82, 2.24) is 5.32 Å². The summed E-state index contributed by atoms with van der Waals surface area (Å²) in [6.45, 7) is 23.9. The number of hydrogen-bond acceptors (Lipinski definition) is 10. The predicted octanol–water partition coefficient (Wildman–Crippen LogP) is 3.95. The second kappa shape index (κ2) is 12.8. The van der Waals surface area contributed by atoms with Crippen LogP contribution in [0.3, 0.4) is 0 Å². The summed E-state index contributed by atoms with van der Waals surface area (Å²) >= 11 is 0. The first-order valence-electron chi connectivity index (χ1n) is 13.3. The van der Waals surface area contributed by atoms with E-state index in [-0.39, 0.29) is 13.2 Å². The first kappa shape index (κ1) is 34.6. The summed E-state index contributed by atoms with van der Waals surface area (Å²) in [5, 5.41) is 3.08. The van der Waals surface area contributed by atoms with Crippen molar-refractivity contribution in [3.8, 4) is 0 Å². The average Bonchev–Trinajstić information content (AvgIpc) is 2.76. The summed E-state index contributed by atoms with van der Waals surface area (Å²) in [7, 11) is 0. The normalized spacial score (nSPS) is 24.4. The zero-order valence-electron chi connectivity index (χ0n) is 25.8. The van der Waals surface area contributed by atoms with E-state index >= 15 is 0 Å². The standard InChI is InChI=1S/C29H49NO9/c1-14-15-30-21-20(39-25(34)29(11,12)13)19(38-24(33)28(8,9)10)18(37-23(32)27(5,6)7)17(36-21)16-35-22(31)26(2,3)4/h14,17-21,30H,1,15-16H2,2-13H3/t17-,18+,19+,20-,21-/m1/s1. The van der Waals surface area contributed by atoms with Crippen LogP contribution in [0.1, 0.15) is 83.1 Å². The molecule has 1 fully saturated rings. The molecular weight excluding hydrogens is 506 g/mol. The van der Waals surface area contributed by atoms with Crippen molar-refractivity contribution in [1.29, 1.82) is 0 Å². The van der Waals surface area contributed by atoms with Crippen molar-refractivity contribution in [2.24, 2.45) is 21.7 Å². The molecule has 1 N–H and O–H groups in total. The molecule has 1 aliphatic heterocycles. The Morgan fingerprint density at radius 2 is 1.05 bits per heavy atom. The Morgan fingerprint density at radius 1 is 0.667 bits per heavy atom. The molecule has 10 nitrogen and oxygen atoms in total. The second-order valence-electron chi connectivity index (χ2n) is 14.0. The molecule has 39 heavy (non-hydrogen) atoms. The molecule has 1 aliphatic rings. The molecule has 5 atom stereocenters. The minimum atomic E-state index is -1.27. The van der Waals surface area contributed by atoms with Crippen LogP contribution in [0.5, 0.6) is 0 Å². The maximum Gasteiger partial charge on any atom is 0.311 e. The van der Waals surface area contributed by atoms with E-state index in [1.54, 1.807) is 89.2 Å². The lowest BCUT2D eigenvalue weighted by atomic mass is 9.92. The van der Waals surface area contributed by atoms with Gasteiger partial charge in [-0.15, -0.1) is 6.58 Å². The summed E-state index contributed by atoms with van der Waals surface area (Å²) < 4.78 is 29.5. The molecule has 0 unspecified atom stereocenters. The van der Waals surface area contributed by atoms with Crippen LogP contribution in [0, 0.1) is 21.7 Å². The van der Waals surface area contributed by atoms with Gasteiger partial charge < -0.3 is 23.7 Å². The van der Waals surface area contributed by atoms with Crippen molar-refractivity contribution in [3.63, 3.8) is 0 Å². The topological polar surface area (TPSA) is 126 Å². The van der Waals surface area contributed by atoms with Gasteiger partial charge >= 0.3 is 23.9 Å². The third-order valence-corrected chi connectivity index (χ3v) is 5.65. The van der Waals surface area contributed by atoms with Gasteiger partial charge in [0.05, 0.1) is 21.7 Å². The number of carbonyl (C=O) groups excluding carboxylic acids is 4. The number of carbonyl (C=O) groups is 4. The summed E-state index contributed by atoms with van der Waals surface area (Å²) in [6.07, 6.45) is -4.20. The lowest BCUT2D eigenvalue weighted by molar-refractivity contribution is -0.264. The van der Waals surface area contributed by atoms with Gasteiger partial charge in [-0.05, 0) is 83.1 Å². The van der Waals surface area contributed by atoms with E-state index in [0.29, 0.717) is 0 Å². The van der Waals surface area contributed by atoms with Crippen LogP contribution in [-0.4, -0.2) is 67.7 Å². The van der Waals surface area contributed by atoms with Gasteiger partial charge in [0.25, 0.3) is 0 Å². The molecule has 0 radical (unpaired) electrons. The molecular formula is C29H49NO9. The average molecular weight is 556 g/mol. The Morgan fingerprint density at radius 3 is 1.44 bits per heavy atom.